The van der Waals surface area contributed by atoms with Crippen molar-refractivity contribution in [3.05, 3.63) is 23.8 Å². The number of imide groups is 1. The summed E-state index contributed by atoms with van der Waals surface area (Å²) in [6.45, 7) is 1.44. The number of carboxylic acids is 1. The molecule has 0 bridgehead atoms. The molecule has 100 valence electrons. The van der Waals surface area contributed by atoms with Gasteiger partial charge < -0.3 is 10.8 Å². The number of anilines is 2. The summed E-state index contributed by atoms with van der Waals surface area (Å²) in [5.74, 6) is -2.72. The van der Waals surface area contributed by atoms with Gasteiger partial charge in [0.1, 0.15) is 0 Å². The summed E-state index contributed by atoms with van der Waals surface area (Å²) >= 11 is 0. The van der Waals surface area contributed by atoms with Crippen LogP contribution in [-0.4, -0.2) is 22.9 Å². The molecule has 1 aliphatic heterocycles. The van der Waals surface area contributed by atoms with Crippen molar-refractivity contribution < 1.29 is 19.5 Å². The summed E-state index contributed by atoms with van der Waals surface area (Å²) in [7, 11) is 0. The number of nitrogen functional groups attached to an aromatic ring is 1. The number of fused-ring (bicyclic) bond motifs is 1. The van der Waals surface area contributed by atoms with E-state index in [1.807, 2.05) is 0 Å². The molecule has 2 amide bonds. The molecular formula is C13H14N2O4. The zero-order chi connectivity index (χ0) is 14.2. The van der Waals surface area contributed by atoms with E-state index >= 15 is 0 Å². The van der Waals surface area contributed by atoms with Crippen LogP contribution in [0.1, 0.15) is 18.9 Å². The molecule has 0 fully saturated rings. The van der Waals surface area contributed by atoms with Gasteiger partial charge in [-0.3, -0.25) is 14.4 Å². The highest BCUT2D eigenvalue weighted by atomic mass is 16.4. The van der Waals surface area contributed by atoms with Gasteiger partial charge in [-0.25, -0.2) is 4.90 Å². The van der Waals surface area contributed by atoms with Crippen molar-refractivity contribution in [3.8, 4) is 0 Å². The van der Waals surface area contributed by atoms with E-state index in [9.17, 15) is 14.4 Å². The maximum absolute atomic E-state index is 12.0. The minimum absolute atomic E-state index is 0.119. The van der Waals surface area contributed by atoms with Gasteiger partial charge in [0.15, 0.2) is 0 Å². The Morgan fingerprint density at radius 3 is 2.79 bits per heavy atom. The van der Waals surface area contributed by atoms with E-state index in [1.165, 1.54) is 6.92 Å². The molecule has 0 radical (unpaired) electrons. The number of aliphatic carboxylic acids is 1. The zero-order valence-electron chi connectivity index (χ0n) is 10.4. The lowest BCUT2D eigenvalue weighted by atomic mass is 10.1. The highest BCUT2D eigenvalue weighted by Crippen LogP contribution is 2.31. The molecule has 1 heterocycles. The Kier molecular flexibility index (Phi) is 3.25. The van der Waals surface area contributed by atoms with Crippen molar-refractivity contribution in [3.63, 3.8) is 0 Å². The van der Waals surface area contributed by atoms with E-state index in [1.54, 1.807) is 18.2 Å². The van der Waals surface area contributed by atoms with E-state index in [-0.39, 0.29) is 18.7 Å². The molecule has 1 aliphatic rings. The second kappa shape index (κ2) is 4.72. The third-order valence-electron chi connectivity index (χ3n) is 3.09. The standard InChI is InChI=1S/C13H14N2O4/c1-7(13(18)19)4-11(16)15-10-3-2-9(14)5-8(10)6-12(15)17/h2-3,5,7H,4,6,14H2,1H3,(H,18,19). The third-order valence-corrected chi connectivity index (χ3v) is 3.09. The van der Waals surface area contributed by atoms with Crippen LogP contribution in [-0.2, 0) is 20.8 Å². The summed E-state index contributed by atoms with van der Waals surface area (Å²) in [5.41, 5.74) is 7.35. The first-order valence-corrected chi connectivity index (χ1v) is 5.87. The second-order valence-corrected chi connectivity index (χ2v) is 4.63. The van der Waals surface area contributed by atoms with E-state index in [0.29, 0.717) is 16.9 Å². The van der Waals surface area contributed by atoms with Gasteiger partial charge in [0.2, 0.25) is 11.8 Å². The minimum atomic E-state index is -1.06. The number of rotatable bonds is 3. The van der Waals surface area contributed by atoms with Crippen molar-refractivity contribution in [2.45, 2.75) is 19.8 Å². The van der Waals surface area contributed by atoms with E-state index < -0.39 is 17.8 Å². The maximum atomic E-state index is 12.0. The number of nitrogens with zero attached hydrogens (tertiary/aromatic N) is 1. The molecule has 1 unspecified atom stereocenters. The van der Waals surface area contributed by atoms with Gasteiger partial charge in [0.05, 0.1) is 18.0 Å². The fraction of sp³-hybridized carbons (Fsp3) is 0.308. The van der Waals surface area contributed by atoms with Crippen LogP contribution in [0.2, 0.25) is 0 Å². The first-order valence-electron chi connectivity index (χ1n) is 5.87. The topological polar surface area (TPSA) is 101 Å². The van der Waals surface area contributed by atoms with Crippen LogP contribution in [0.5, 0.6) is 0 Å². The van der Waals surface area contributed by atoms with Crippen molar-refractivity contribution in [1.29, 1.82) is 0 Å². The van der Waals surface area contributed by atoms with Crippen LogP contribution < -0.4 is 10.6 Å². The molecule has 1 atom stereocenters. The second-order valence-electron chi connectivity index (χ2n) is 4.63. The van der Waals surface area contributed by atoms with Crippen LogP contribution in [0.15, 0.2) is 18.2 Å². The van der Waals surface area contributed by atoms with Crippen LogP contribution in [0, 0.1) is 5.92 Å². The molecule has 0 aromatic heterocycles. The quantitative estimate of drug-likeness (QED) is 0.784. The number of carbonyl (C=O) groups is 3. The van der Waals surface area contributed by atoms with Crippen molar-refractivity contribution >= 4 is 29.2 Å². The highest BCUT2D eigenvalue weighted by Gasteiger charge is 2.33. The van der Waals surface area contributed by atoms with Crippen LogP contribution in [0.25, 0.3) is 0 Å². The van der Waals surface area contributed by atoms with Crippen molar-refractivity contribution in [1.82, 2.24) is 0 Å². The molecule has 6 nitrogen and oxygen atoms in total. The summed E-state index contributed by atoms with van der Waals surface area (Å²) in [4.78, 5) is 35.7. The smallest absolute Gasteiger partial charge is 0.306 e. The normalized spacial score (nSPS) is 15.2. The van der Waals surface area contributed by atoms with Crippen LogP contribution >= 0.6 is 0 Å². The monoisotopic (exact) mass is 262 g/mol. The Labute approximate surface area is 109 Å². The highest BCUT2D eigenvalue weighted by molar-refractivity contribution is 6.19. The molecule has 0 spiro atoms. The van der Waals surface area contributed by atoms with E-state index in [4.69, 9.17) is 10.8 Å². The van der Waals surface area contributed by atoms with Gasteiger partial charge in [0, 0.05) is 12.1 Å². The Balaban J connectivity index is 2.24. The lowest BCUT2D eigenvalue weighted by Gasteiger charge is -2.16. The fourth-order valence-corrected chi connectivity index (χ4v) is 2.06. The Morgan fingerprint density at radius 1 is 1.47 bits per heavy atom. The average molecular weight is 262 g/mol. The first kappa shape index (κ1) is 13.1. The molecule has 1 aromatic rings. The van der Waals surface area contributed by atoms with Gasteiger partial charge in [-0.2, -0.15) is 0 Å². The van der Waals surface area contributed by atoms with Crippen LogP contribution in [0.3, 0.4) is 0 Å². The van der Waals surface area contributed by atoms with Gasteiger partial charge in [-0.05, 0) is 23.8 Å². The predicted octanol–water partition coefficient (Wildman–Crippen LogP) is 0.795. The van der Waals surface area contributed by atoms with Crippen LogP contribution in [0.4, 0.5) is 11.4 Å². The number of hydrogen-bond donors (Lipinski definition) is 2. The average Bonchev–Trinajstić information content (AvgIpc) is 2.63. The van der Waals surface area contributed by atoms with Crippen molar-refractivity contribution in [2.75, 3.05) is 10.6 Å². The lowest BCUT2D eigenvalue weighted by molar-refractivity contribution is -0.143. The van der Waals surface area contributed by atoms with Crippen molar-refractivity contribution in [2.24, 2.45) is 5.92 Å². The molecule has 2 rings (SSSR count). The molecule has 3 N–H and O–H groups in total. The summed E-state index contributed by atoms with van der Waals surface area (Å²) in [5, 5.41) is 8.80. The summed E-state index contributed by atoms with van der Waals surface area (Å²) < 4.78 is 0. The van der Waals surface area contributed by atoms with E-state index in [0.717, 1.165) is 4.90 Å². The third kappa shape index (κ3) is 2.42. The number of benzene rings is 1. The Hall–Kier alpha value is -2.37. The lowest BCUT2D eigenvalue weighted by Crippen LogP contribution is -2.35. The zero-order valence-corrected chi connectivity index (χ0v) is 10.4. The SMILES string of the molecule is CC(CC(=O)N1C(=O)Cc2cc(N)ccc21)C(=O)O. The minimum Gasteiger partial charge on any atom is -0.481 e. The predicted molar refractivity (Wildman–Crippen MR) is 68.5 cm³/mol. The number of carbonyl (C=O) groups excluding carboxylic acids is 2. The van der Waals surface area contributed by atoms with Gasteiger partial charge in [0.25, 0.3) is 0 Å². The molecule has 19 heavy (non-hydrogen) atoms. The fourth-order valence-electron chi connectivity index (χ4n) is 2.06. The largest absolute Gasteiger partial charge is 0.481 e. The Morgan fingerprint density at radius 2 is 2.16 bits per heavy atom. The molecule has 0 aliphatic carbocycles. The number of amides is 2. The first-order chi connectivity index (χ1) is 8.90. The van der Waals surface area contributed by atoms with Gasteiger partial charge in [-0.1, -0.05) is 6.92 Å². The Bertz CT molecular complexity index is 568. The number of carboxylic acid groups (broad SMARTS) is 1. The molecular weight excluding hydrogens is 248 g/mol. The van der Waals surface area contributed by atoms with Gasteiger partial charge in [-0.15, -0.1) is 0 Å². The maximum Gasteiger partial charge on any atom is 0.306 e. The number of hydrogen-bond acceptors (Lipinski definition) is 4. The molecule has 0 saturated heterocycles. The summed E-state index contributed by atoms with van der Waals surface area (Å²) in [6, 6.07) is 4.87. The molecule has 6 heteroatoms. The summed E-state index contributed by atoms with van der Waals surface area (Å²) in [6.07, 6.45) is -0.0849. The van der Waals surface area contributed by atoms with Gasteiger partial charge >= 0.3 is 5.97 Å². The number of nitrogens with two attached hydrogens (primary N) is 1. The molecule has 0 saturated carbocycles. The van der Waals surface area contributed by atoms with E-state index in [2.05, 4.69) is 0 Å². The molecule has 1 aromatic carbocycles.